The van der Waals surface area contributed by atoms with Gasteiger partial charge in [0.25, 0.3) is 6.43 Å². The standard InChI is InChI=1S/C10H8F2N2O2/c1-5-4-7(8(11)12)14-3-2-6(10(15)16)9(14)13-5/h2-4,8H,1H3,(H,15,16). The lowest BCUT2D eigenvalue weighted by Crippen LogP contribution is -2.03. The Balaban J connectivity index is 2.80. The minimum absolute atomic E-state index is 0.0443. The number of alkyl halides is 2. The SMILES string of the molecule is Cc1cc(C(F)F)n2ccc(C(=O)O)c2n1. The lowest BCUT2D eigenvalue weighted by molar-refractivity contribution is 0.0698. The maximum absolute atomic E-state index is 12.7. The van der Waals surface area contributed by atoms with E-state index in [1.165, 1.54) is 18.3 Å². The Hall–Kier alpha value is -1.98. The lowest BCUT2D eigenvalue weighted by Gasteiger charge is -2.06. The summed E-state index contributed by atoms with van der Waals surface area (Å²) in [6, 6.07) is 2.50. The first kappa shape index (κ1) is 10.5. The molecule has 0 unspecified atom stereocenters. The summed E-state index contributed by atoms with van der Waals surface area (Å²) < 4.78 is 26.5. The third kappa shape index (κ3) is 1.52. The van der Waals surface area contributed by atoms with Crippen LogP contribution in [0.15, 0.2) is 18.3 Å². The summed E-state index contributed by atoms with van der Waals surface area (Å²) in [5, 5.41) is 8.85. The quantitative estimate of drug-likeness (QED) is 0.854. The molecule has 84 valence electrons. The third-order valence-electron chi connectivity index (χ3n) is 2.23. The van der Waals surface area contributed by atoms with E-state index in [1.54, 1.807) is 6.92 Å². The highest BCUT2D eigenvalue weighted by Gasteiger charge is 2.17. The molecule has 2 aromatic rings. The number of carboxylic acid groups (broad SMARTS) is 1. The normalized spacial score (nSPS) is 11.2. The van der Waals surface area contributed by atoms with Gasteiger partial charge in [0.1, 0.15) is 5.56 Å². The number of aromatic nitrogens is 2. The fourth-order valence-electron chi connectivity index (χ4n) is 1.56. The smallest absolute Gasteiger partial charge is 0.339 e. The maximum Gasteiger partial charge on any atom is 0.339 e. The summed E-state index contributed by atoms with van der Waals surface area (Å²) in [6.07, 6.45) is -1.38. The van der Waals surface area contributed by atoms with Gasteiger partial charge in [0.15, 0.2) is 5.65 Å². The molecule has 0 bridgehead atoms. The van der Waals surface area contributed by atoms with E-state index in [0.717, 1.165) is 4.40 Å². The number of hydrogen-bond acceptors (Lipinski definition) is 2. The van der Waals surface area contributed by atoms with Crippen LogP contribution in [0, 0.1) is 6.92 Å². The van der Waals surface area contributed by atoms with Crippen molar-refractivity contribution >= 4 is 11.6 Å². The van der Waals surface area contributed by atoms with Crippen molar-refractivity contribution in [3.63, 3.8) is 0 Å². The molecule has 0 fully saturated rings. The van der Waals surface area contributed by atoms with Crippen LogP contribution in [0.3, 0.4) is 0 Å². The average Bonchev–Trinajstić information content (AvgIpc) is 2.59. The van der Waals surface area contributed by atoms with E-state index in [9.17, 15) is 13.6 Å². The fourth-order valence-corrected chi connectivity index (χ4v) is 1.56. The Morgan fingerprint density at radius 3 is 2.81 bits per heavy atom. The molecule has 16 heavy (non-hydrogen) atoms. The topological polar surface area (TPSA) is 54.6 Å². The molecule has 0 aliphatic rings. The van der Waals surface area contributed by atoms with Crippen LogP contribution in [0.5, 0.6) is 0 Å². The van der Waals surface area contributed by atoms with Gasteiger partial charge in [0, 0.05) is 11.9 Å². The molecule has 2 aromatic heterocycles. The molecule has 0 amide bonds. The van der Waals surface area contributed by atoms with Gasteiger partial charge in [0.05, 0.1) is 5.69 Å². The molecule has 2 heterocycles. The number of aryl methyl sites for hydroxylation is 1. The van der Waals surface area contributed by atoms with Crippen molar-refractivity contribution in [3.05, 3.63) is 35.3 Å². The maximum atomic E-state index is 12.7. The fraction of sp³-hybridized carbons (Fsp3) is 0.200. The van der Waals surface area contributed by atoms with E-state index in [4.69, 9.17) is 5.11 Å². The Bertz CT molecular complexity index is 563. The predicted molar refractivity (Wildman–Crippen MR) is 51.8 cm³/mol. The number of carboxylic acids is 1. The van der Waals surface area contributed by atoms with E-state index in [-0.39, 0.29) is 16.9 Å². The molecule has 4 nitrogen and oxygen atoms in total. The Morgan fingerprint density at radius 2 is 2.25 bits per heavy atom. The van der Waals surface area contributed by atoms with E-state index < -0.39 is 12.4 Å². The van der Waals surface area contributed by atoms with Crippen molar-refractivity contribution in [2.75, 3.05) is 0 Å². The van der Waals surface area contributed by atoms with Crippen molar-refractivity contribution in [3.8, 4) is 0 Å². The molecular weight excluding hydrogens is 218 g/mol. The van der Waals surface area contributed by atoms with E-state index in [2.05, 4.69) is 4.98 Å². The minimum atomic E-state index is -2.67. The Morgan fingerprint density at radius 1 is 1.56 bits per heavy atom. The highest BCUT2D eigenvalue weighted by molar-refractivity contribution is 5.94. The van der Waals surface area contributed by atoms with Crippen LogP contribution in [0.4, 0.5) is 8.78 Å². The molecule has 0 radical (unpaired) electrons. The molecule has 0 aromatic carbocycles. The molecule has 6 heteroatoms. The zero-order chi connectivity index (χ0) is 11.9. The third-order valence-corrected chi connectivity index (χ3v) is 2.23. The van der Waals surface area contributed by atoms with Gasteiger partial charge in [-0.05, 0) is 19.1 Å². The summed E-state index contributed by atoms with van der Waals surface area (Å²) in [7, 11) is 0. The van der Waals surface area contributed by atoms with Crippen molar-refractivity contribution in [1.29, 1.82) is 0 Å². The predicted octanol–water partition coefficient (Wildman–Crippen LogP) is 2.28. The average molecular weight is 226 g/mol. The van der Waals surface area contributed by atoms with Gasteiger partial charge in [-0.3, -0.25) is 4.40 Å². The van der Waals surface area contributed by atoms with Gasteiger partial charge >= 0.3 is 5.97 Å². The number of fused-ring (bicyclic) bond motifs is 1. The molecular formula is C10H8F2N2O2. The van der Waals surface area contributed by atoms with Crippen molar-refractivity contribution < 1.29 is 18.7 Å². The molecule has 0 spiro atoms. The van der Waals surface area contributed by atoms with Gasteiger partial charge in [0.2, 0.25) is 0 Å². The summed E-state index contributed by atoms with van der Waals surface area (Å²) in [6.45, 7) is 1.55. The van der Waals surface area contributed by atoms with E-state index in [0.29, 0.717) is 5.69 Å². The van der Waals surface area contributed by atoms with Crippen LogP contribution in [-0.2, 0) is 0 Å². The molecule has 2 rings (SSSR count). The highest BCUT2D eigenvalue weighted by Crippen LogP contribution is 2.22. The first-order chi connectivity index (χ1) is 7.50. The van der Waals surface area contributed by atoms with Gasteiger partial charge in [-0.1, -0.05) is 0 Å². The molecule has 0 aliphatic carbocycles. The number of halogens is 2. The van der Waals surface area contributed by atoms with Crippen LogP contribution in [0.25, 0.3) is 5.65 Å². The number of nitrogens with zero attached hydrogens (tertiary/aromatic N) is 2. The second-order valence-corrected chi connectivity index (χ2v) is 3.35. The van der Waals surface area contributed by atoms with Crippen LogP contribution >= 0.6 is 0 Å². The second-order valence-electron chi connectivity index (χ2n) is 3.35. The van der Waals surface area contributed by atoms with Crippen LogP contribution in [0.1, 0.15) is 28.2 Å². The molecule has 0 saturated heterocycles. The summed E-state index contributed by atoms with van der Waals surface area (Å²) in [4.78, 5) is 14.8. The summed E-state index contributed by atoms with van der Waals surface area (Å²) in [5.74, 6) is -1.18. The molecule has 0 atom stereocenters. The van der Waals surface area contributed by atoms with Gasteiger partial charge < -0.3 is 5.11 Å². The lowest BCUT2D eigenvalue weighted by atomic mass is 10.3. The summed E-state index contributed by atoms with van der Waals surface area (Å²) >= 11 is 0. The molecule has 0 aliphatic heterocycles. The molecule has 1 N–H and O–H groups in total. The van der Waals surface area contributed by atoms with Gasteiger partial charge in [-0.25, -0.2) is 18.6 Å². The number of hydrogen-bond donors (Lipinski definition) is 1. The Kier molecular flexibility index (Phi) is 2.34. The first-order valence-corrected chi connectivity index (χ1v) is 4.50. The molecule has 0 saturated carbocycles. The van der Waals surface area contributed by atoms with Gasteiger partial charge in [-0.2, -0.15) is 0 Å². The Labute approximate surface area is 89.2 Å². The zero-order valence-electron chi connectivity index (χ0n) is 8.32. The largest absolute Gasteiger partial charge is 0.478 e. The van der Waals surface area contributed by atoms with Crippen molar-refractivity contribution in [2.24, 2.45) is 0 Å². The van der Waals surface area contributed by atoms with E-state index in [1.807, 2.05) is 0 Å². The van der Waals surface area contributed by atoms with Crippen molar-refractivity contribution in [1.82, 2.24) is 9.38 Å². The monoisotopic (exact) mass is 226 g/mol. The van der Waals surface area contributed by atoms with Crippen LogP contribution in [0.2, 0.25) is 0 Å². The first-order valence-electron chi connectivity index (χ1n) is 4.50. The van der Waals surface area contributed by atoms with Gasteiger partial charge in [-0.15, -0.1) is 0 Å². The zero-order valence-corrected chi connectivity index (χ0v) is 8.32. The van der Waals surface area contributed by atoms with Crippen LogP contribution < -0.4 is 0 Å². The second kappa shape index (κ2) is 3.55. The van der Waals surface area contributed by atoms with Crippen LogP contribution in [-0.4, -0.2) is 20.5 Å². The minimum Gasteiger partial charge on any atom is -0.478 e. The number of rotatable bonds is 2. The summed E-state index contributed by atoms with van der Waals surface area (Å²) in [5.41, 5.74) is 0.0763. The van der Waals surface area contributed by atoms with Crippen molar-refractivity contribution in [2.45, 2.75) is 13.3 Å². The number of carbonyl (C=O) groups is 1. The number of aromatic carboxylic acids is 1. The highest BCUT2D eigenvalue weighted by atomic mass is 19.3. The van der Waals surface area contributed by atoms with E-state index >= 15 is 0 Å².